The monoisotopic (exact) mass is 208 g/mol. The maximum absolute atomic E-state index is 11.3. The van der Waals surface area contributed by atoms with Crippen molar-refractivity contribution in [3.05, 3.63) is 29.3 Å². The molecule has 0 radical (unpaired) electrons. The van der Waals surface area contributed by atoms with Gasteiger partial charge in [-0.2, -0.15) is 0 Å². The number of ether oxygens (including phenoxy) is 2. The van der Waals surface area contributed by atoms with Crippen molar-refractivity contribution in [3.63, 3.8) is 0 Å². The van der Waals surface area contributed by atoms with Crippen molar-refractivity contribution in [1.82, 2.24) is 0 Å². The smallest absolute Gasteiger partial charge is 0.337 e. The van der Waals surface area contributed by atoms with Gasteiger partial charge in [-0.3, -0.25) is 0 Å². The van der Waals surface area contributed by atoms with Crippen LogP contribution in [0.5, 0.6) is 5.75 Å². The number of benzene rings is 1. The Morgan fingerprint density at radius 3 is 2.60 bits per heavy atom. The van der Waals surface area contributed by atoms with Gasteiger partial charge in [-0.05, 0) is 30.2 Å². The largest absolute Gasteiger partial charge is 0.496 e. The summed E-state index contributed by atoms with van der Waals surface area (Å²) in [5.41, 5.74) is 1.62. The minimum atomic E-state index is -0.310. The van der Waals surface area contributed by atoms with Crippen molar-refractivity contribution in [3.8, 4) is 5.75 Å². The minimum absolute atomic E-state index is 0.310. The Bertz CT molecular complexity index is 345. The lowest BCUT2D eigenvalue weighted by molar-refractivity contribution is 0.0600. The van der Waals surface area contributed by atoms with Crippen LogP contribution >= 0.6 is 0 Å². The van der Waals surface area contributed by atoms with Gasteiger partial charge in [0, 0.05) is 0 Å². The Morgan fingerprint density at radius 1 is 1.33 bits per heavy atom. The zero-order valence-electron chi connectivity index (χ0n) is 9.37. The molecule has 0 fully saturated rings. The number of hydrogen-bond donors (Lipinski definition) is 0. The highest BCUT2D eigenvalue weighted by Gasteiger charge is 2.09. The molecule has 0 aliphatic heterocycles. The summed E-state index contributed by atoms with van der Waals surface area (Å²) in [5, 5.41) is 0. The molecular weight excluding hydrogens is 192 g/mol. The van der Waals surface area contributed by atoms with E-state index in [9.17, 15) is 4.79 Å². The SMILES string of the molecule is CCCc1cc(C(=O)OC)ccc1OC. The standard InChI is InChI=1S/C12H16O3/c1-4-5-9-8-10(12(13)15-3)6-7-11(9)14-2/h6-8H,4-5H2,1-3H3. The van der Waals surface area contributed by atoms with Gasteiger partial charge < -0.3 is 9.47 Å². The van der Waals surface area contributed by atoms with Crippen molar-refractivity contribution < 1.29 is 14.3 Å². The molecule has 82 valence electrons. The highest BCUT2D eigenvalue weighted by Crippen LogP contribution is 2.21. The van der Waals surface area contributed by atoms with Crippen LogP contribution in [0.15, 0.2) is 18.2 Å². The third kappa shape index (κ3) is 2.72. The molecule has 0 amide bonds. The topological polar surface area (TPSA) is 35.5 Å². The summed E-state index contributed by atoms with van der Waals surface area (Å²) >= 11 is 0. The van der Waals surface area contributed by atoms with Gasteiger partial charge in [-0.15, -0.1) is 0 Å². The van der Waals surface area contributed by atoms with Gasteiger partial charge in [0.15, 0.2) is 0 Å². The Balaban J connectivity index is 3.04. The van der Waals surface area contributed by atoms with Crippen LogP contribution in [-0.4, -0.2) is 20.2 Å². The van der Waals surface area contributed by atoms with Gasteiger partial charge in [0.2, 0.25) is 0 Å². The number of hydrogen-bond acceptors (Lipinski definition) is 3. The zero-order valence-corrected chi connectivity index (χ0v) is 9.37. The molecule has 1 aromatic carbocycles. The van der Waals surface area contributed by atoms with Gasteiger partial charge in [0.05, 0.1) is 19.8 Å². The van der Waals surface area contributed by atoms with Crippen LogP contribution in [0.25, 0.3) is 0 Å². The number of carbonyl (C=O) groups excluding carboxylic acids is 1. The molecule has 0 aliphatic carbocycles. The Hall–Kier alpha value is -1.51. The summed E-state index contributed by atoms with van der Waals surface area (Å²) in [4.78, 5) is 11.3. The van der Waals surface area contributed by atoms with Crippen molar-refractivity contribution >= 4 is 5.97 Å². The first-order valence-corrected chi connectivity index (χ1v) is 4.98. The van der Waals surface area contributed by atoms with Gasteiger partial charge in [-0.25, -0.2) is 4.79 Å². The van der Waals surface area contributed by atoms with Gasteiger partial charge in [0.25, 0.3) is 0 Å². The van der Waals surface area contributed by atoms with Crippen molar-refractivity contribution in [2.45, 2.75) is 19.8 Å². The van der Waals surface area contributed by atoms with Gasteiger partial charge in [-0.1, -0.05) is 13.3 Å². The van der Waals surface area contributed by atoms with Crippen LogP contribution in [0.1, 0.15) is 29.3 Å². The average Bonchev–Trinajstić information content (AvgIpc) is 2.28. The van der Waals surface area contributed by atoms with Crippen LogP contribution in [0, 0.1) is 0 Å². The third-order valence-corrected chi connectivity index (χ3v) is 2.22. The lowest BCUT2D eigenvalue weighted by atomic mass is 10.1. The molecule has 0 aromatic heterocycles. The van der Waals surface area contributed by atoms with Crippen LogP contribution in [0.3, 0.4) is 0 Å². The maximum Gasteiger partial charge on any atom is 0.337 e. The van der Waals surface area contributed by atoms with Crippen molar-refractivity contribution in [2.24, 2.45) is 0 Å². The fraction of sp³-hybridized carbons (Fsp3) is 0.417. The zero-order chi connectivity index (χ0) is 11.3. The van der Waals surface area contributed by atoms with E-state index in [4.69, 9.17) is 4.74 Å². The molecule has 3 heteroatoms. The predicted molar refractivity (Wildman–Crippen MR) is 58.3 cm³/mol. The Labute approximate surface area is 90.0 Å². The molecule has 1 rings (SSSR count). The predicted octanol–water partition coefficient (Wildman–Crippen LogP) is 2.43. The molecule has 0 saturated carbocycles. The Morgan fingerprint density at radius 2 is 2.07 bits per heavy atom. The second-order valence-electron chi connectivity index (χ2n) is 3.27. The lowest BCUT2D eigenvalue weighted by Gasteiger charge is -2.08. The Kier molecular flexibility index (Phi) is 4.16. The molecule has 1 aromatic rings. The summed E-state index contributed by atoms with van der Waals surface area (Å²) in [5.74, 6) is 0.513. The number of aryl methyl sites for hydroxylation is 1. The van der Waals surface area contributed by atoms with E-state index in [2.05, 4.69) is 11.7 Å². The lowest BCUT2D eigenvalue weighted by Crippen LogP contribution is -2.03. The molecule has 0 heterocycles. The number of methoxy groups -OCH3 is 2. The molecule has 0 spiro atoms. The second kappa shape index (κ2) is 5.39. The molecule has 0 saturated heterocycles. The first-order chi connectivity index (χ1) is 7.22. The van der Waals surface area contributed by atoms with E-state index < -0.39 is 0 Å². The summed E-state index contributed by atoms with van der Waals surface area (Å²) in [6.45, 7) is 2.09. The van der Waals surface area contributed by atoms with Gasteiger partial charge in [0.1, 0.15) is 5.75 Å². The molecule has 15 heavy (non-hydrogen) atoms. The normalized spacial score (nSPS) is 9.80. The van der Waals surface area contributed by atoms with E-state index in [-0.39, 0.29) is 5.97 Å². The third-order valence-electron chi connectivity index (χ3n) is 2.22. The molecule has 3 nitrogen and oxygen atoms in total. The summed E-state index contributed by atoms with van der Waals surface area (Å²) in [6.07, 6.45) is 1.91. The summed E-state index contributed by atoms with van der Waals surface area (Å²) < 4.78 is 9.88. The molecule has 0 N–H and O–H groups in total. The fourth-order valence-corrected chi connectivity index (χ4v) is 1.49. The van der Waals surface area contributed by atoms with Crippen LogP contribution < -0.4 is 4.74 Å². The maximum atomic E-state index is 11.3. The van der Waals surface area contributed by atoms with E-state index in [1.54, 1.807) is 19.2 Å². The first-order valence-electron chi connectivity index (χ1n) is 4.98. The highest BCUT2D eigenvalue weighted by molar-refractivity contribution is 5.89. The fourth-order valence-electron chi connectivity index (χ4n) is 1.49. The molecule has 0 bridgehead atoms. The van der Waals surface area contributed by atoms with Crippen LogP contribution in [0.4, 0.5) is 0 Å². The van der Waals surface area contributed by atoms with E-state index >= 15 is 0 Å². The summed E-state index contributed by atoms with van der Waals surface area (Å²) in [6, 6.07) is 5.34. The van der Waals surface area contributed by atoms with Gasteiger partial charge >= 0.3 is 5.97 Å². The van der Waals surface area contributed by atoms with E-state index in [1.165, 1.54) is 7.11 Å². The van der Waals surface area contributed by atoms with Crippen molar-refractivity contribution in [1.29, 1.82) is 0 Å². The van der Waals surface area contributed by atoms with Crippen LogP contribution in [0.2, 0.25) is 0 Å². The average molecular weight is 208 g/mol. The van der Waals surface area contributed by atoms with E-state index in [0.717, 1.165) is 24.2 Å². The molecule has 0 atom stereocenters. The van der Waals surface area contributed by atoms with Crippen molar-refractivity contribution in [2.75, 3.05) is 14.2 Å². The number of carbonyl (C=O) groups is 1. The van der Waals surface area contributed by atoms with Crippen LogP contribution in [-0.2, 0) is 11.2 Å². The summed E-state index contributed by atoms with van der Waals surface area (Å²) in [7, 11) is 3.01. The highest BCUT2D eigenvalue weighted by atomic mass is 16.5. The molecular formula is C12H16O3. The second-order valence-corrected chi connectivity index (χ2v) is 3.27. The number of rotatable bonds is 4. The minimum Gasteiger partial charge on any atom is -0.496 e. The first kappa shape index (κ1) is 11.6. The quantitative estimate of drug-likeness (QED) is 0.713. The molecule has 0 aliphatic rings. The van der Waals surface area contributed by atoms with E-state index in [1.807, 2.05) is 6.07 Å². The number of esters is 1. The molecule has 0 unspecified atom stereocenters. The van der Waals surface area contributed by atoms with E-state index in [0.29, 0.717) is 5.56 Å².